The molecule has 0 saturated heterocycles. The Morgan fingerprint density at radius 2 is 2.00 bits per heavy atom. The van der Waals surface area contributed by atoms with E-state index in [1.54, 1.807) is 18.4 Å². The van der Waals surface area contributed by atoms with Crippen LogP contribution in [0.25, 0.3) is 0 Å². The minimum Gasteiger partial charge on any atom is -0.382 e. The molecule has 0 aromatic carbocycles. The van der Waals surface area contributed by atoms with E-state index in [2.05, 4.69) is 26.0 Å². The predicted molar refractivity (Wildman–Crippen MR) is 83.3 cm³/mol. The molecular weight excluding hydrogens is 274 g/mol. The zero-order valence-electron chi connectivity index (χ0n) is 12.8. The van der Waals surface area contributed by atoms with Crippen molar-refractivity contribution in [3.63, 3.8) is 0 Å². The number of aryl methyl sites for hydroxylation is 1. The predicted octanol–water partition coefficient (Wildman–Crippen LogP) is 2.90. The van der Waals surface area contributed by atoms with Crippen LogP contribution in [0.15, 0.2) is 12.1 Å². The fraction of sp³-hybridized carbons (Fsp3) is 0.733. The Kier molecular flexibility index (Phi) is 9.05. The minimum atomic E-state index is -0.00215. The third-order valence-corrected chi connectivity index (χ3v) is 4.13. The number of hydrogen-bond acceptors (Lipinski definition) is 5. The average molecular weight is 301 g/mol. The monoisotopic (exact) mass is 301 g/mol. The van der Waals surface area contributed by atoms with Crippen molar-refractivity contribution in [1.82, 2.24) is 0 Å². The third kappa shape index (κ3) is 6.33. The van der Waals surface area contributed by atoms with Gasteiger partial charge in [0.2, 0.25) is 0 Å². The summed E-state index contributed by atoms with van der Waals surface area (Å²) in [6.45, 7) is 6.84. The average Bonchev–Trinajstić information content (AvgIpc) is 2.87. The zero-order valence-corrected chi connectivity index (χ0v) is 13.6. The van der Waals surface area contributed by atoms with E-state index in [1.807, 2.05) is 0 Å². The summed E-state index contributed by atoms with van der Waals surface area (Å²) in [7, 11) is 1.67. The van der Waals surface area contributed by atoms with E-state index < -0.39 is 0 Å². The smallest absolute Gasteiger partial charge is 0.107 e. The first kappa shape index (κ1) is 17.6. The molecule has 20 heavy (non-hydrogen) atoms. The molecular formula is C15H27NO3S. The zero-order chi connectivity index (χ0) is 14.8. The van der Waals surface area contributed by atoms with Crippen molar-refractivity contribution in [1.29, 1.82) is 0 Å². The van der Waals surface area contributed by atoms with Gasteiger partial charge in [-0.1, -0.05) is 6.92 Å². The molecule has 0 fully saturated rings. The Hall–Kier alpha value is -0.460. The summed E-state index contributed by atoms with van der Waals surface area (Å²) in [5.41, 5.74) is 6.17. The lowest BCUT2D eigenvalue weighted by atomic mass is 10.1. The molecule has 1 rings (SSSR count). The maximum Gasteiger partial charge on any atom is 0.107 e. The highest BCUT2D eigenvalue weighted by atomic mass is 32.1. The van der Waals surface area contributed by atoms with Gasteiger partial charge >= 0.3 is 0 Å². The van der Waals surface area contributed by atoms with Crippen LogP contribution in [0.1, 0.15) is 35.6 Å². The Morgan fingerprint density at radius 1 is 1.20 bits per heavy atom. The highest BCUT2D eigenvalue weighted by Crippen LogP contribution is 2.28. The van der Waals surface area contributed by atoms with Crippen LogP contribution >= 0.6 is 11.3 Å². The van der Waals surface area contributed by atoms with Gasteiger partial charge in [-0.2, -0.15) is 0 Å². The molecule has 1 heterocycles. The van der Waals surface area contributed by atoms with E-state index in [0.29, 0.717) is 26.4 Å². The summed E-state index contributed by atoms with van der Waals surface area (Å²) in [5, 5.41) is 0. The SMILES string of the molecule is CCC(N)C(OCCCOCCOC)c1ccc(C)s1. The normalized spacial score (nSPS) is 14.4. The van der Waals surface area contributed by atoms with E-state index in [1.165, 1.54) is 9.75 Å². The Bertz CT molecular complexity index is 357. The van der Waals surface area contributed by atoms with Crippen molar-refractivity contribution in [2.45, 2.75) is 38.8 Å². The number of hydrogen-bond donors (Lipinski definition) is 1. The molecule has 0 saturated carbocycles. The van der Waals surface area contributed by atoms with Crippen LogP contribution in [0.5, 0.6) is 0 Å². The summed E-state index contributed by atoms with van der Waals surface area (Å²) in [5.74, 6) is 0. The Morgan fingerprint density at radius 3 is 2.60 bits per heavy atom. The molecule has 4 nitrogen and oxygen atoms in total. The van der Waals surface area contributed by atoms with Crippen LogP contribution in [-0.2, 0) is 14.2 Å². The standard InChI is InChI=1S/C15H27NO3S/c1-4-13(16)15(14-7-6-12(2)20-14)19-9-5-8-18-11-10-17-3/h6-7,13,15H,4-5,8-11,16H2,1-3H3. The first-order valence-electron chi connectivity index (χ1n) is 7.19. The molecule has 2 unspecified atom stereocenters. The highest BCUT2D eigenvalue weighted by molar-refractivity contribution is 7.12. The quantitative estimate of drug-likeness (QED) is 0.639. The number of nitrogens with two attached hydrogens (primary N) is 1. The van der Waals surface area contributed by atoms with Crippen molar-refractivity contribution >= 4 is 11.3 Å². The molecule has 1 aromatic heterocycles. The summed E-state index contributed by atoms with van der Waals surface area (Å²) in [6.07, 6.45) is 1.78. The van der Waals surface area contributed by atoms with Gasteiger partial charge in [-0.05, 0) is 31.9 Å². The Labute approximate surface area is 126 Å². The molecule has 0 bridgehead atoms. The molecule has 0 amide bonds. The van der Waals surface area contributed by atoms with Gasteiger partial charge in [0.1, 0.15) is 6.10 Å². The van der Waals surface area contributed by atoms with Crippen LogP contribution in [0, 0.1) is 6.92 Å². The fourth-order valence-corrected chi connectivity index (χ4v) is 2.86. The molecule has 0 aliphatic rings. The summed E-state index contributed by atoms with van der Waals surface area (Å²) < 4.78 is 16.3. The van der Waals surface area contributed by atoms with E-state index in [9.17, 15) is 0 Å². The van der Waals surface area contributed by atoms with Crippen LogP contribution in [0.2, 0.25) is 0 Å². The number of ether oxygens (including phenoxy) is 3. The molecule has 0 radical (unpaired) electrons. The molecule has 1 aromatic rings. The number of methoxy groups -OCH3 is 1. The van der Waals surface area contributed by atoms with E-state index >= 15 is 0 Å². The largest absolute Gasteiger partial charge is 0.382 e. The molecule has 0 spiro atoms. The van der Waals surface area contributed by atoms with Crippen molar-refractivity contribution in [3.8, 4) is 0 Å². The first-order valence-corrected chi connectivity index (χ1v) is 8.00. The number of rotatable bonds is 11. The molecule has 0 aliphatic heterocycles. The lowest BCUT2D eigenvalue weighted by molar-refractivity contribution is 0.0129. The minimum absolute atomic E-state index is 0.00215. The van der Waals surface area contributed by atoms with Gasteiger partial charge in [0.05, 0.1) is 13.2 Å². The molecule has 2 N–H and O–H groups in total. The van der Waals surface area contributed by atoms with Gasteiger partial charge in [0, 0.05) is 36.1 Å². The second kappa shape index (κ2) is 10.3. The van der Waals surface area contributed by atoms with Crippen LogP contribution < -0.4 is 5.73 Å². The summed E-state index contributed by atoms with van der Waals surface area (Å²) in [4.78, 5) is 2.51. The molecule has 2 atom stereocenters. The van der Waals surface area contributed by atoms with Crippen molar-refractivity contribution in [2.24, 2.45) is 5.73 Å². The van der Waals surface area contributed by atoms with Crippen LogP contribution in [0.3, 0.4) is 0 Å². The van der Waals surface area contributed by atoms with E-state index in [4.69, 9.17) is 19.9 Å². The number of thiophene rings is 1. The molecule has 116 valence electrons. The molecule has 0 aliphatic carbocycles. The molecule has 5 heteroatoms. The second-order valence-electron chi connectivity index (χ2n) is 4.77. The van der Waals surface area contributed by atoms with Crippen molar-refractivity contribution < 1.29 is 14.2 Å². The summed E-state index contributed by atoms with van der Waals surface area (Å²) in [6, 6.07) is 4.28. The van der Waals surface area contributed by atoms with Gasteiger partial charge in [0.25, 0.3) is 0 Å². The van der Waals surface area contributed by atoms with Gasteiger partial charge in [-0.15, -0.1) is 11.3 Å². The van der Waals surface area contributed by atoms with Gasteiger partial charge < -0.3 is 19.9 Å². The van der Waals surface area contributed by atoms with Gasteiger partial charge in [-0.3, -0.25) is 0 Å². The third-order valence-electron chi connectivity index (χ3n) is 3.06. The van der Waals surface area contributed by atoms with Gasteiger partial charge in [-0.25, -0.2) is 0 Å². The lowest BCUT2D eigenvalue weighted by Crippen LogP contribution is -2.29. The first-order chi connectivity index (χ1) is 9.69. The van der Waals surface area contributed by atoms with Gasteiger partial charge in [0.15, 0.2) is 0 Å². The Balaban J connectivity index is 2.31. The topological polar surface area (TPSA) is 53.7 Å². The fourth-order valence-electron chi connectivity index (χ4n) is 1.85. The maximum atomic E-state index is 6.17. The van der Waals surface area contributed by atoms with E-state index in [-0.39, 0.29) is 12.1 Å². The van der Waals surface area contributed by atoms with Crippen molar-refractivity contribution in [2.75, 3.05) is 33.5 Å². The highest BCUT2D eigenvalue weighted by Gasteiger charge is 2.20. The summed E-state index contributed by atoms with van der Waals surface area (Å²) >= 11 is 1.76. The maximum absolute atomic E-state index is 6.17. The van der Waals surface area contributed by atoms with Crippen molar-refractivity contribution in [3.05, 3.63) is 21.9 Å². The second-order valence-corrected chi connectivity index (χ2v) is 6.09. The van der Waals surface area contributed by atoms with E-state index in [0.717, 1.165) is 12.8 Å². The lowest BCUT2D eigenvalue weighted by Gasteiger charge is -2.22. The van der Waals surface area contributed by atoms with Crippen LogP contribution in [0.4, 0.5) is 0 Å². The van der Waals surface area contributed by atoms with Crippen LogP contribution in [-0.4, -0.2) is 39.6 Å².